The molecule has 0 unspecified atom stereocenters. The molecule has 0 saturated heterocycles. The number of pyridine rings is 2. The summed E-state index contributed by atoms with van der Waals surface area (Å²) in [4.78, 5) is 41.1. The first-order valence-corrected chi connectivity index (χ1v) is 9.20. The van der Waals surface area contributed by atoms with Crippen LogP contribution in [-0.4, -0.2) is 33.1 Å². The number of esters is 1. The number of ether oxygens (including phenoxy) is 1. The third-order valence-electron chi connectivity index (χ3n) is 5.00. The predicted octanol–water partition coefficient (Wildman–Crippen LogP) is 2.15. The summed E-state index contributed by atoms with van der Waals surface area (Å²) >= 11 is 0. The Bertz CT molecular complexity index is 1190. The van der Waals surface area contributed by atoms with E-state index in [2.05, 4.69) is 15.6 Å². The van der Waals surface area contributed by atoms with Crippen LogP contribution in [0.3, 0.4) is 0 Å². The summed E-state index contributed by atoms with van der Waals surface area (Å²) in [7, 11) is 4.79. The average Bonchev–Trinajstić information content (AvgIpc) is 3.50. The summed E-state index contributed by atoms with van der Waals surface area (Å²) in [6.45, 7) is 0. The quantitative estimate of drug-likeness (QED) is 0.641. The summed E-state index contributed by atoms with van der Waals surface area (Å²) in [6.07, 6.45) is 6.56. The van der Waals surface area contributed by atoms with Crippen molar-refractivity contribution in [3.8, 4) is 0 Å². The van der Waals surface area contributed by atoms with Gasteiger partial charge in [0.2, 0.25) is 5.91 Å². The number of amides is 1. The highest BCUT2D eigenvalue weighted by atomic mass is 16.5. The second kappa shape index (κ2) is 7.08. The molecular formula is C20H21N5O4. The van der Waals surface area contributed by atoms with Crippen LogP contribution in [0.2, 0.25) is 0 Å². The van der Waals surface area contributed by atoms with Crippen molar-refractivity contribution >= 4 is 40.0 Å². The number of carbonyl (C=O) groups excluding carboxylic acids is 2. The Kier molecular flexibility index (Phi) is 4.57. The molecule has 3 aromatic rings. The number of anilines is 3. The molecule has 0 atom stereocenters. The molecule has 9 nitrogen and oxygen atoms in total. The number of carbonyl (C=O) groups is 2. The summed E-state index contributed by atoms with van der Waals surface area (Å²) in [6, 6.07) is 3.41. The molecule has 0 bridgehead atoms. The van der Waals surface area contributed by atoms with Gasteiger partial charge in [-0.3, -0.25) is 9.59 Å². The van der Waals surface area contributed by atoms with Crippen molar-refractivity contribution in [2.45, 2.75) is 12.8 Å². The monoisotopic (exact) mass is 395 g/mol. The highest BCUT2D eigenvalue weighted by Crippen LogP contribution is 2.32. The summed E-state index contributed by atoms with van der Waals surface area (Å²) in [5.41, 5.74) is 1.71. The zero-order chi connectivity index (χ0) is 20.7. The van der Waals surface area contributed by atoms with Crippen molar-refractivity contribution in [1.29, 1.82) is 0 Å². The van der Waals surface area contributed by atoms with Crippen LogP contribution in [0.4, 0.5) is 17.2 Å². The topological polar surface area (TPSA) is 107 Å². The molecule has 1 amide bonds. The van der Waals surface area contributed by atoms with E-state index in [0.29, 0.717) is 22.6 Å². The number of hydrogen-bond acceptors (Lipinski definition) is 6. The van der Waals surface area contributed by atoms with Gasteiger partial charge in [0.25, 0.3) is 5.56 Å². The minimum absolute atomic E-state index is 0.0228. The van der Waals surface area contributed by atoms with Crippen molar-refractivity contribution < 1.29 is 14.3 Å². The number of rotatable bonds is 5. The molecule has 2 N–H and O–H groups in total. The first-order valence-electron chi connectivity index (χ1n) is 9.20. The van der Waals surface area contributed by atoms with E-state index in [9.17, 15) is 14.4 Å². The Morgan fingerprint density at radius 1 is 1.21 bits per heavy atom. The molecule has 0 aromatic carbocycles. The Balaban J connectivity index is 1.77. The van der Waals surface area contributed by atoms with Gasteiger partial charge < -0.3 is 24.5 Å². The minimum atomic E-state index is -0.576. The maximum atomic E-state index is 12.7. The van der Waals surface area contributed by atoms with Crippen molar-refractivity contribution in [2.75, 3.05) is 17.7 Å². The predicted molar refractivity (Wildman–Crippen MR) is 108 cm³/mol. The normalized spacial score (nSPS) is 13.3. The number of nitrogens with one attached hydrogen (secondary N) is 2. The van der Waals surface area contributed by atoms with E-state index in [1.807, 2.05) is 17.7 Å². The van der Waals surface area contributed by atoms with Crippen molar-refractivity contribution in [3.63, 3.8) is 0 Å². The van der Waals surface area contributed by atoms with Gasteiger partial charge in [-0.2, -0.15) is 0 Å². The maximum Gasteiger partial charge on any atom is 0.341 e. The van der Waals surface area contributed by atoms with Crippen LogP contribution in [0.15, 0.2) is 35.5 Å². The second-order valence-electron chi connectivity index (χ2n) is 7.14. The van der Waals surface area contributed by atoms with Crippen LogP contribution >= 0.6 is 0 Å². The largest absolute Gasteiger partial charge is 0.465 e. The highest BCUT2D eigenvalue weighted by molar-refractivity contribution is 6.01. The van der Waals surface area contributed by atoms with E-state index in [0.717, 1.165) is 18.4 Å². The fourth-order valence-corrected chi connectivity index (χ4v) is 3.21. The Morgan fingerprint density at radius 2 is 1.97 bits per heavy atom. The fraction of sp³-hybridized carbons (Fsp3) is 0.300. The second-order valence-corrected chi connectivity index (χ2v) is 7.14. The minimum Gasteiger partial charge on any atom is -0.465 e. The molecule has 150 valence electrons. The third-order valence-corrected chi connectivity index (χ3v) is 5.00. The number of aromatic nitrogens is 3. The standard InChI is InChI=1S/C20H21N5O4/c1-24-7-6-15-17(19(24)27)14(10-25(15)2)22-13-8-16(23-18(26)11-4-5-11)21-9-12(13)20(28)29-3/h6-11H,4-5H2,1-3H3,(H2,21,22,23,26). The zero-order valence-electron chi connectivity index (χ0n) is 16.4. The lowest BCUT2D eigenvalue weighted by atomic mass is 10.2. The molecule has 0 aliphatic heterocycles. The van der Waals surface area contributed by atoms with Gasteiger partial charge in [-0.05, 0) is 18.9 Å². The van der Waals surface area contributed by atoms with Crippen LogP contribution < -0.4 is 16.2 Å². The number of hydrogen-bond donors (Lipinski definition) is 2. The Morgan fingerprint density at radius 3 is 2.66 bits per heavy atom. The Hall–Kier alpha value is -3.62. The van der Waals surface area contributed by atoms with Crippen molar-refractivity contribution in [2.24, 2.45) is 20.0 Å². The zero-order valence-corrected chi connectivity index (χ0v) is 16.4. The van der Waals surface area contributed by atoms with Gasteiger partial charge >= 0.3 is 5.97 Å². The van der Waals surface area contributed by atoms with Gasteiger partial charge in [-0.1, -0.05) is 0 Å². The van der Waals surface area contributed by atoms with Crippen molar-refractivity contribution in [1.82, 2.24) is 14.1 Å². The van der Waals surface area contributed by atoms with E-state index in [4.69, 9.17) is 4.74 Å². The highest BCUT2D eigenvalue weighted by Gasteiger charge is 2.30. The van der Waals surface area contributed by atoms with Crippen LogP contribution in [0.25, 0.3) is 10.9 Å². The smallest absolute Gasteiger partial charge is 0.341 e. The van der Waals surface area contributed by atoms with Gasteiger partial charge in [-0.25, -0.2) is 9.78 Å². The SMILES string of the molecule is COC(=O)c1cnc(NC(=O)C2CC2)cc1Nc1cn(C)c2ccn(C)c(=O)c12. The van der Waals surface area contributed by atoms with Crippen LogP contribution in [0, 0.1) is 5.92 Å². The first kappa shape index (κ1) is 18.7. The lowest BCUT2D eigenvalue weighted by Crippen LogP contribution is -2.17. The maximum absolute atomic E-state index is 12.7. The number of aryl methyl sites for hydroxylation is 2. The lowest BCUT2D eigenvalue weighted by molar-refractivity contribution is -0.117. The van der Waals surface area contributed by atoms with E-state index >= 15 is 0 Å². The lowest BCUT2D eigenvalue weighted by Gasteiger charge is -2.12. The molecule has 3 aromatic heterocycles. The molecule has 4 rings (SSSR count). The molecule has 3 heterocycles. The van der Waals surface area contributed by atoms with Gasteiger partial charge in [0.1, 0.15) is 11.4 Å². The number of fused-ring (bicyclic) bond motifs is 1. The fourth-order valence-electron chi connectivity index (χ4n) is 3.21. The summed E-state index contributed by atoms with van der Waals surface area (Å²) in [5.74, 6) is -0.318. The molecule has 1 saturated carbocycles. The number of methoxy groups -OCH3 is 1. The van der Waals surface area contributed by atoms with Gasteiger partial charge in [0.15, 0.2) is 0 Å². The van der Waals surface area contributed by atoms with Gasteiger partial charge in [-0.15, -0.1) is 0 Å². The van der Waals surface area contributed by atoms with Gasteiger partial charge in [0, 0.05) is 44.7 Å². The molecule has 1 fully saturated rings. The summed E-state index contributed by atoms with van der Waals surface area (Å²) in [5, 5.41) is 6.41. The van der Waals surface area contributed by atoms with E-state index < -0.39 is 5.97 Å². The molecule has 1 aliphatic carbocycles. The Labute approximate surface area is 166 Å². The molecule has 0 radical (unpaired) electrons. The number of nitrogens with zero attached hydrogens (tertiary/aromatic N) is 3. The van der Waals surface area contributed by atoms with Gasteiger partial charge in [0.05, 0.1) is 29.4 Å². The van der Waals surface area contributed by atoms with Crippen LogP contribution in [-0.2, 0) is 23.6 Å². The molecule has 1 aliphatic rings. The van der Waals surface area contributed by atoms with E-state index in [1.165, 1.54) is 17.9 Å². The molecule has 29 heavy (non-hydrogen) atoms. The van der Waals surface area contributed by atoms with E-state index in [-0.39, 0.29) is 22.9 Å². The van der Waals surface area contributed by atoms with Crippen LogP contribution in [0.5, 0.6) is 0 Å². The van der Waals surface area contributed by atoms with Crippen molar-refractivity contribution in [3.05, 3.63) is 46.6 Å². The molecule has 9 heteroatoms. The third kappa shape index (κ3) is 3.46. The van der Waals surface area contributed by atoms with E-state index in [1.54, 1.807) is 25.5 Å². The molecular weight excluding hydrogens is 374 g/mol. The molecule has 0 spiro atoms. The summed E-state index contributed by atoms with van der Waals surface area (Å²) < 4.78 is 8.16. The first-order chi connectivity index (χ1) is 13.9. The van der Waals surface area contributed by atoms with Crippen LogP contribution in [0.1, 0.15) is 23.2 Å². The average molecular weight is 395 g/mol.